The molecule has 3 aromatic rings. The Morgan fingerprint density at radius 3 is 2.48 bits per heavy atom. The number of ether oxygens (including phenoxy) is 1. The second-order valence-corrected chi connectivity index (χ2v) is 8.33. The lowest BCUT2D eigenvalue weighted by Gasteiger charge is -2.18. The number of hydrogen-bond acceptors (Lipinski definition) is 5. The van der Waals surface area contributed by atoms with Gasteiger partial charge in [-0.25, -0.2) is 17.6 Å². The van der Waals surface area contributed by atoms with Crippen LogP contribution in [0.5, 0.6) is 0 Å². The smallest absolute Gasteiger partial charge is 0.337 e. The monoisotopic (exact) mass is 405 g/mol. The maximum Gasteiger partial charge on any atom is 0.337 e. The van der Waals surface area contributed by atoms with Crippen molar-refractivity contribution in [3.8, 4) is 0 Å². The van der Waals surface area contributed by atoms with E-state index in [0.717, 1.165) is 4.88 Å². The van der Waals surface area contributed by atoms with Crippen LogP contribution in [0.25, 0.3) is 0 Å². The zero-order valence-electron chi connectivity index (χ0n) is 14.3. The van der Waals surface area contributed by atoms with Crippen molar-refractivity contribution < 1.29 is 22.3 Å². The number of hydrogen-bond donors (Lipinski definition) is 1. The van der Waals surface area contributed by atoms with Crippen LogP contribution in [0.2, 0.25) is 0 Å². The number of methoxy groups -OCH3 is 1. The minimum Gasteiger partial charge on any atom is -0.465 e. The zero-order valence-corrected chi connectivity index (χ0v) is 15.9. The molecule has 27 heavy (non-hydrogen) atoms. The van der Waals surface area contributed by atoms with Crippen molar-refractivity contribution in [2.45, 2.75) is 10.9 Å². The standard InChI is InChI=1S/C19H16FNO4S2/c1-25-19(22)14-4-2-5-16(12-14)27(23,24)21-18(17-6-3-11-26-17)13-7-9-15(20)10-8-13/h2-12,18,21H,1H3/t18-/m0/s1. The summed E-state index contributed by atoms with van der Waals surface area (Å²) < 4.78 is 46.4. The van der Waals surface area contributed by atoms with Gasteiger partial charge in [0, 0.05) is 4.88 Å². The molecule has 0 unspecified atom stereocenters. The molecule has 0 fully saturated rings. The Hall–Kier alpha value is -2.55. The number of thiophene rings is 1. The molecule has 0 bridgehead atoms. The van der Waals surface area contributed by atoms with Gasteiger partial charge in [0.15, 0.2) is 0 Å². The third kappa shape index (κ3) is 4.41. The van der Waals surface area contributed by atoms with Gasteiger partial charge in [0.25, 0.3) is 0 Å². The Morgan fingerprint density at radius 1 is 1.11 bits per heavy atom. The summed E-state index contributed by atoms with van der Waals surface area (Å²) in [7, 11) is -2.73. The second-order valence-electron chi connectivity index (χ2n) is 5.64. The first-order valence-electron chi connectivity index (χ1n) is 7.90. The first-order chi connectivity index (χ1) is 12.9. The number of sulfonamides is 1. The fraction of sp³-hybridized carbons (Fsp3) is 0.105. The maximum atomic E-state index is 13.3. The van der Waals surface area contributed by atoms with E-state index in [4.69, 9.17) is 0 Å². The molecule has 1 heterocycles. The number of nitrogens with one attached hydrogen (secondary N) is 1. The van der Waals surface area contributed by atoms with Gasteiger partial charge >= 0.3 is 5.97 Å². The van der Waals surface area contributed by atoms with E-state index < -0.39 is 27.9 Å². The van der Waals surface area contributed by atoms with E-state index in [1.807, 2.05) is 11.4 Å². The van der Waals surface area contributed by atoms with Gasteiger partial charge in [-0.15, -0.1) is 11.3 Å². The number of carbonyl (C=O) groups is 1. The average Bonchev–Trinajstić information content (AvgIpc) is 3.21. The summed E-state index contributed by atoms with van der Waals surface area (Å²) >= 11 is 1.38. The van der Waals surface area contributed by atoms with E-state index in [-0.39, 0.29) is 10.5 Å². The maximum absolute atomic E-state index is 13.3. The summed E-state index contributed by atoms with van der Waals surface area (Å²) in [5.74, 6) is -1.03. The lowest BCUT2D eigenvalue weighted by Crippen LogP contribution is -2.29. The van der Waals surface area contributed by atoms with Gasteiger partial charge < -0.3 is 4.74 Å². The molecule has 0 radical (unpaired) electrons. The molecule has 2 aromatic carbocycles. The number of rotatable bonds is 6. The van der Waals surface area contributed by atoms with Crippen LogP contribution in [0.15, 0.2) is 70.9 Å². The summed E-state index contributed by atoms with van der Waals surface area (Å²) in [5.41, 5.74) is 0.737. The lowest BCUT2D eigenvalue weighted by atomic mass is 10.1. The SMILES string of the molecule is COC(=O)c1cccc(S(=O)(=O)N[C@@H](c2ccc(F)cc2)c2cccs2)c1. The quantitative estimate of drug-likeness (QED) is 0.634. The molecule has 0 spiro atoms. The lowest BCUT2D eigenvalue weighted by molar-refractivity contribution is 0.0600. The minimum atomic E-state index is -3.95. The molecule has 5 nitrogen and oxygen atoms in total. The largest absolute Gasteiger partial charge is 0.465 e. The molecule has 0 saturated heterocycles. The van der Waals surface area contributed by atoms with E-state index in [1.165, 1.54) is 67.0 Å². The molecule has 1 N–H and O–H groups in total. The van der Waals surface area contributed by atoms with Crippen molar-refractivity contribution in [2.75, 3.05) is 7.11 Å². The van der Waals surface area contributed by atoms with Crippen molar-refractivity contribution in [3.63, 3.8) is 0 Å². The highest BCUT2D eigenvalue weighted by Gasteiger charge is 2.24. The van der Waals surface area contributed by atoms with E-state index in [1.54, 1.807) is 6.07 Å². The van der Waals surface area contributed by atoms with Gasteiger partial charge in [-0.2, -0.15) is 4.72 Å². The molecule has 0 amide bonds. The highest BCUT2D eigenvalue weighted by Crippen LogP contribution is 2.28. The predicted octanol–water partition coefficient (Wildman–Crippen LogP) is 3.74. The Balaban J connectivity index is 1.98. The fourth-order valence-corrected chi connectivity index (χ4v) is 4.66. The van der Waals surface area contributed by atoms with E-state index >= 15 is 0 Å². The summed E-state index contributed by atoms with van der Waals surface area (Å²) in [6.07, 6.45) is 0. The van der Waals surface area contributed by atoms with Gasteiger partial charge in [-0.05, 0) is 47.3 Å². The van der Waals surface area contributed by atoms with Crippen molar-refractivity contribution in [3.05, 3.63) is 87.9 Å². The number of carbonyl (C=O) groups excluding carboxylic acids is 1. The summed E-state index contributed by atoms with van der Waals surface area (Å²) in [6, 6.07) is 14.1. The van der Waals surface area contributed by atoms with E-state index in [9.17, 15) is 17.6 Å². The second kappa shape index (κ2) is 7.99. The van der Waals surface area contributed by atoms with Crippen molar-refractivity contribution in [2.24, 2.45) is 0 Å². The summed E-state index contributed by atoms with van der Waals surface area (Å²) in [5, 5.41) is 1.83. The first kappa shape index (κ1) is 19.2. The van der Waals surface area contributed by atoms with E-state index in [0.29, 0.717) is 5.56 Å². The Kier molecular flexibility index (Phi) is 5.69. The van der Waals surface area contributed by atoms with Gasteiger partial charge in [0.2, 0.25) is 10.0 Å². The third-order valence-corrected chi connectivity index (χ3v) is 6.23. The normalized spacial score (nSPS) is 12.5. The molecule has 0 aliphatic carbocycles. The van der Waals surface area contributed by atoms with Crippen LogP contribution in [-0.4, -0.2) is 21.5 Å². The third-order valence-electron chi connectivity index (χ3n) is 3.87. The highest BCUT2D eigenvalue weighted by atomic mass is 32.2. The van der Waals surface area contributed by atoms with Gasteiger partial charge in [0.1, 0.15) is 5.82 Å². The Bertz CT molecular complexity index is 1030. The predicted molar refractivity (Wildman–Crippen MR) is 101 cm³/mol. The van der Waals surface area contributed by atoms with Crippen molar-refractivity contribution in [1.29, 1.82) is 0 Å². The average molecular weight is 405 g/mol. The zero-order chi connectivity index (χ0) is 19.4. The molecule has 0 saturated carbocycles. The topological polar surface area (TPSA) is 72.5 Å². The number of esters is 1. The van der Waals surface area contributed by atoms with Crippen LogP contribution in [0.3, 0.4) is 0 Å². The van der Waals surface area contributed by atoms with Crippen LogP contribution in [0, 0.1) is 5.82 Å². The summed E-state index contributed by atoms with van der Waals surface area (Å²) in [4.78, 5) is 12.4. The van der Waals surface area contributed by atoms with Crippen LogP contribution >= 0.6 is 11.3 Å². The van der Waals surface area contributed by atoms with Crippen LogP contribution < -0.4 is 4.72 Å². The number of benzene rings is 2. The van der Waals surface area contributed by atoms with Crippen molar-refractivity contribution >= 4 is 27.3 Å². The van der Waals surface area contributed by atoms with Gasteiger partial charge in [0.05, 0.1) is 23.6 Å². The van der Waals surface area contributed by atoms with Crippen molar-refractivity contribution in [1.82, 2.24) is 4.72 Å². The molecule has 0 aliphatic rings. The van der Waals surface area contributed by atoms with Crippen LogP contribution in [0.4, 0.5) is 4.39 Å². The molecule has 1 atom stereocenters. The Labute approximate surface area is 160 Å². The molecule has 8 heteroatoms. The van der Waals surface area contributed by atoms with Gasteiger partial charge in [-0.3, -0.25) is 0 Å². The van der Waals surface area contributed by atoms with Gasteiger partial charge in [-0.1, -0.05) is 24.3 Å². The molecule has 3 rings (SSSR count). The fourth-order valence-electron chi connectivity index (χ4n) is 2.53. The molecule has 0 aliphatic heterocycles. The van der Waals surface area contributed by atoms with Crippen LogP contribution in [0.1, 0.15) is 26.8 Å². The summed E-state index contributed by atoms with van der Waals surface area (Å²) in [6.45, 7) is 0. The Morgan fingerprint density at radius 2 is 1.85 bits per heavy atom. The number of halogens is 1. The van der Waals surface area contributed by atoms with E-state index in [2.05, 4.69) is 9.46 Å². The molecular weight excluding hydrogens is 389 g/mol. The molecule has 140 valence electrons. The highest BCUT2D eigenvalue weighted by molar-refractivity contribution is 7.89. The van der Waals surface area contributed by atoms with Crippen LogP contribution in [-0.2, 0) is 14.8 Å². The minimum absolute atomic E-state index is 0.0610. The molecular formula is C19H16FNO4S2. The molecule has 1 aromatic heterocycles. The first-order valence-corrected chi connectivity index (χ1v) is 10.3.